The van der Waals surface area contributed by atoms with E-state index in [4.69, 9.17) is 10.00 Å². The van der Waals surface area contributed by atoms with E-state index in [0.717, 1.165) is 17.8 Å². The van der Waals surface area contributed by atoms with E-state index in [1.165, 1.54) is 6.08 Å². The molecule has 0 saturated carbocycles. The Kier molecular flexibility index (Phi) is 3.44. The number of hydrogen-bond acceptors (Lipinski definition) is 6. The van der Waals surface area contributed by atoms with Crippen LogP contribution in [-0.4, -0.2) is 25.7 Å². The SMILES string of the molecule is C=CCOc1nsc(S(C)(=O)=O)c1C#N. The van der Waals surface area contributed by atoms with Gasteiger partial charge in [0, 0.05) is 6.26 Å². The van der Waals surface area contributed by atoms with Gasteiger partial charge in [-0.2, -0.15) is 9.64 Å². The smallest absolute Gasteiger partial charge is 0.245 e. The number of rotatable bonds is 4. The maximum atomic E-state index is 11.2. The van der Waals surface area contributed by atoms with Crippen LogP contribution in [0.1, 0.15) is 5.56 Å². The van der Waals surface area contributed by atoms with E-state index >= 15 is 0 Å². The van der Waals surface area contributed by atoms with Crippen LogP contribution in [0.2, 0.25) is 0 Å². The van der Waals surface area contributed by atoms with Gasteiger partial charge >= 0.3 is 0 Å². The van der Waals surface area contributed by atoms with E-state index in [1.807, 2.05) is 0 Å². The van der Waals surface area contributed by atoms with Crippen molar-refractivity contribution >= 4 is 21.4 Å². The Labute approximate surface area is 91.7 Å². The minimum absolute atomic E-state index is 0.0376. The molecular formula is C8H8N2O3S2. The first-order chi connectivity index (χ1) is 7.00. The van der Waals surface area contributed by atoms with Gasteiger partial charge in [-0.05, 0) is 11.5 Å². The van der Waals surface area contributed by atoms with Crippen LogP contribution < -0.4 is 4.74 Å². The second-order valence-electron chi connectivity index (χ2n) is 2.63. The second-order valence-corrected chi connectivity index (χ2v) is 5.62. The summed E-state index contributed by atoms with van der Waals surface area (Å²) in [5.74, 6) is 0.0443. The molecule has 0 saturated heterocycles. The minimum atomic E-state index is -3.42. The van der Waals surface area contributed by atoms with Gasteiger partial charge in [-0.15, -0.1) is 0 Å². The van der Waals surface area contributed by atoms with E-state index in [2.05, 4.69) is 11.0 Å². The molecule has 0 amide bonds. The maximum Gasteiger partial charge on any atom is 0.245 e. The summed E-state index contributed by atoms with van der Waals surface area (Å²) in [7, 11) is -3.42. The Bertz CT molecular complexity index is 510. The van der Waals surface area contributed by atoms with Crippen LogP contribution in [0, 0.1) is 11.3 Å². The molecule has 0 aliphatic rings. The molecular weight excluding hydrogens is 236 g/mol. The molecule has 0 aliphatic carbocycles. The summed E-state index contributed by atoms with van der Waals surface area (Å²) in [4.78, 5) is 0. The van der Waals surface area contributed by atoms with Crippen LogP contribution >= 0.6 is 11.5 Å². The van der Waals surface area contributed by atoms with Gasteiger partial charge in [0.05, 0.1) is 0 Å². The van der Waals surface area contributed by atoms with Crippen molar-refractivity contribution in [1.29, 1.82) is 5.26 Å². The van der Waals surface area contributed by atoms with Gasteiger partial charge in [-0.1, -0.05) is 12.7 Å². The lowest BCUT2D eigenvalue weighted by Gasteiger charge is -1.97. The van der Waals surface area contributed by atoms with Gasteiger partial charge < -0.3 is 4.74 Å². The molecule has 0 fully saturated rings. The Morgan fingerprint density at radius 2 is 2.40 bits per heavy atom. The van der Waals surface area contributed by atoms with Gasteiger partial charge in [-0.25, -0.2) is 8.42 Å². The monoisotopic (exact) mass is 244 g/mol. The average molecular weight is 244 g/mol. The van der Waals surface area contributed by atoms with Gasteiger partial charge in [0.15, 0.2) is 14.0 Å². The van der Waals surface area contributed by atoms with E-state index < -0.39 is 9.84 Å². The largest absolute Gasteiger partial charge is 0.472 e. The van der Waals surface area contributed by atoms with Gasteiger partial charge in [0.2, 0.25) is 5.88 Å². The van der Waals surface area contributed by atoms with Crippen LogP contribution in [0.25, 0.3) is 0 Å². The number of aromatic nitrogens is 1. The molecule has 0 radical (unpaired) electrons. The Morgan fingerprint density at radius 3 is 2.87 bits per heavy atom. The standard InChI is InChI=1S/C8H8N2O3S2/c1-3-4-13-7-6(5-9)8(14-10-7)15(2,11)12/h3H,1,4H2,2H3. The molecule has 0 N–H and O–H groups in total. The van der Waals surface area contributed by atoms with Crippen LogP contribution in [0.3, 0.4) is 0 Å². The van der Waals surface area contributed by atoms with Gasteiger partial charge in [0.25, 0.3) is 0 Å². The summed E-state index contributed by atoms with van der Waals surface area (Å²) in [6, 6.07) is 1.77. The topological polar surface area (TPSA) is 80.0 Å². The zero-order valence-corrected chi connectivity index (χ0v) is 9.56. The zero-order chi connectivity index (χ0) is 11.5. The normalized spacial score (nSPS) is 10.7. The molecule has 0 aromatic carbocycles. The average Bonchev–Trinajstić information content (AvgIpc) is 2.56. The molecule has 1 aromatic heterocycles. The van der Waals surface area contributed by atoms with Crippen molar-refractivity contribution in [3.63, 3.8) is 0 Å². The quantitative estimate of drug-likeness (QED) is 0.738. The number of ether oxygens (including phenoxy) is 1. The highest BCUT2D eigenvalue weighted by molar-refractivity contribution is 7.92. The molecule has 1 aromatic rings. The highest BCUT2D eigenvalue weighted by Gasteiger charge is 2.22. The van der Waals surface area contributed by atoms with Crippen molar-refractivity contribution in [2.24, 2.45) is 0 Å². The molecule has 80 valence electrons. The third-order valence-electron chi connectivity index (χ3n) is 1.42. The predicted octanol–water partition coefficient (Wildman–Crippen LogP) is 0.983. The molecule has 0 bridgehead atoms. The van der Waals surface area contributed by atoms with E-state index in [-0.39, 0.29) is 22.3 Å². The Balaban J connectivity index is 3.19. The van der Waals surface area contributed by atoms with Crippen LogP contribution in [0.5, 0.6) is 5.88 Å². The Morgan fingerprint density at radius 1 is 1.73 bits per heavy atom. The fraction of sp³-hybridized carbons (Fsp3) is 0.250. The first-order valence-electron chi connectivity index (χ1n) is 3.84. The highest BCUT2D eigenvalue weighted by Crippen LogP contribution is 2.28. The molecule has 1 rings (SSSR count). The molecule has 5 nitrogen and oxygen atoms in total. The zero-order valence-electron chi connectivity index (χ0n) is 7.93. The lowest BCUT2D eigenvalue weighted by molar-refractivity contribution is 0.351. The predicted molar refractivity (Wildman–Crippen MR) is 55.6 cm³/mol. The summed E-state index contributed by atoms with van der Waals surface area (Å²) in [6.45, 7) is 3.62. The maximum absolute atomic E-state index is 11.2. The molecule has 0 spiro atoms. The summed E-state index contributed by atoms with van der Waals surface area (Å²) in [5.41, 5.74) is -0.0376. The van der Waals surface area contributed by atoms with Crippen molar-refractivity contribution < 1.29 is 13.2 Å². The number of hydrogen-bond donors (Lipinski definition) is 0. The van der Waals surface area contributed by atoms with E-state index in [1.54, 1.807) is 6.07 Å². The van der Waals surface area contributed by atoms with Crippen LogP contribution in [-0.2, 0) is 9.84 Å². The summed E-state index contributed by atoms with van der Waals surface area (Å²) in [5, 5.41) is 8.80. The van der Waals surface area contributed by atoms with E-state index in [9.17, 15) is 8.42 Å². The third kappa shape index (κ3) is 2.55. The molecule has 7 heteroatoms. The molecule has 0 unspecified atom stereocenters. The first kappa shape index (κ1) is 11.7. The molecule has 0 aliphatic heterocycles. The fourth-order valence-electron chi connectivity index (χ4n) is 0.844. The third-order valence-corrected chi connectivity index (χ3v) is 4.05. The number of nitriles is 1. The number of nitrogens with zero attached hydrogens (tertiary/aromatic N) is 2. The van der Waals surface area contributed by atoms with Crippen LogP contribution in [0.4, 0.5) is 0 Å². The second kappa shape index (κ2) is 4.42. The van der Waals surface area contributed by atoms with Crippen molar-refractivity contribution in [3.8, 4) is 11.9 Å². The lowest BCUT2D eigenvalue weighted by Crippen LogP contribution is -1.98. The minimum Gasteiger partial charge on any atom is -0.472 e. The van der Waals surface area contributed by atoms with Crippen LogP contribution in [0.15, 0.2) is 16.9 Å². The molecule has 0 atom stereocenters. The Hall–Kier alpha value is -1.39. The fourth-order valence-corrected chi connectivity index (χ4v) is 2.54. The molecule has 15 heavy (non-hydrogen) atoms. The van der Waals surface area contributed by atoms with Crippen molar-refractivity contribution in [2.45, 2.75) is 4.21 Å². The van der Waals surface area contributed by atoms with E-state index in [0.29, 0.717) is 0 Å². The summed E-state index contributed by atoms with van der Waals surface area (Å²) in [6.07, 6.45) is 2.51. The van der Waals surface area contributed by atoms with Gasteiger partial charge in [0.1, 0.15) is 18.2 Å². The van der Waals surface area contributed by atoms with Crippen molar-refractivity contribution in [3.05, 3.63) is 18.2 Å². The molecule has 1 heterocycles. The summed E-state index contributed by atoms with van der Waals surface area (Å²) >= 11 is 0.738. The van der Waals surface area contributed by atoms with Crippen molar-refractivity contribution in [2.75, 3.05) is 12.9 Å². The highest BCUT2D eigenvalue weighted by atomic mass is 32.2. The lowest BCUT2D eigenvalue weighted by atomic mass is 10.4. The van der Waals surface area contributed by atoms with Gasteiger partial charge in [-0.3, -0.25) is 0 Å². The first-order valence-corrected chi connectivity index (χ1v) is 6.50. The summed E-state index contributed by atoms with van der Waals surface area (Å²) < 4.78 is 31.2. The van der Waals surface area contributed by atoms with Crippen molar-refractivity contribution in [1.82, 2.24) is 4.37 Å². The number of sulfone groups is 1.